The smallest absolute Gasteiger partial charge is 0.326 e. The molecule has 0 aliphatic rings. The molecule has 0 saturated heterocycles. The number of halogens is 2. The van der Waals surface area contributed by atoms with Crippen molar-refractivity contribution in [2.45, 2.75) is 53.0 Å². The molecule has 4 nitrogen and oxygen atoms in total. The molecule has 6 heteroatoms. The summed E-state index contributed by atoms with van der Waals surface area (Å²) in [6.45, 7) is 8.00. The van der Waals surface area contributed by atoms with E-state index in [0.717, 1.165) is 28.8 Å². The molecule has 3 rings (SSSR count). The number of carbonyl (C=O) groups is 1. The summed E-state index contributed by atoms with van der Waals surface area (Å²) in [5.74, 6) is -0.316. The molecule has 33 heavy (non-hydrogen) atoms. The molecular weight excluding hydrogens is 437 g/mol. The molecular formula is C27H31ClFN3O. The van der Waals surface area contributed by atoms with Crippen LogP contribution in [0.2, 0.25) is 5.02 Å². The van der Waals surface area contributed by atoms with Gasteiger partial charge in [0.05, 0.1) is 11.7 Å². The van der Waals surface area contributed by atoms with Gasteiger partial charge in [0.1, 0.15) is 5.82 Å². The van der Waals surface area contributed by atoms with Crippen LogP contribution < -0.4 is 16.0 Å². The summed E-state index contributed by atoms with van der Waals surface area (Å²) < 4.78 is 13.5. The van der Waals surface area contributed by atoms with Crippen LogP contribution in [0.15, 0.2) is 54.6 Å². The Kier molecular flexibility index (Phi) is 7.98. The van der Waals surface area contributed by atoms with Crippen molar-refractivity contribution in [3.63, 3.8) is 0 Å². The van der Waals surface area contributed by atoms with E-state index in [1.54, 1.807) is 23.1 Å². The first kappa shape index (κ1) is 24.6. The first-order valence-electron chi connectivity index (χ1n) is 11.3. The molecule has 0 aliphatic heterocycles. The number of hydrogen-bond donors (Lipinski definition) is 2. The van der Waals surface area contributed by atoms with Crippen LogP contribution in [0.4, 0.5) is 26.2 Å². The third kappa shape index (κ3) is 5.31. The van der Waals surface area contributed by atoms with E-state index in [-0.39, 0.29) is 17.9 Å². The summed E-state index contributed by atoms with van der Waals surface area (Å²) in [6.07, 6.45) is 2.21. The van der Waals surface area contributed by atoms with Crippen LogP contribution in [0.3, 0.4) is 0 Å². The van der Waals surface area contributed by atoms with Crippen LogP contribution >= 0.6 is 11.6 Å². The standard InChI is InChI=1S/C27H31ClFN3O/c1-5-18-8-14-21(15-9-18)32(17(4)19-10-12-20(29)13-11-19)27(33)31-26-22(6-2)24(28)16-25(30)23(26)7-3/h8-17H,5-7,30H2,1-4H3,(H,31,33)/t17-/m0/s1. The minimum Gasteiger partial charge on any atom is -0.398 e. The largest absolute Gasteiger partial charge is 0.398 e. The quantitative estimate of drug-likeness (QED) is 0.352. The van der Waals surface area contributed by atoms with Gasteiger partial charge in [0, 0.05) is 16.4 Å². The molecule has 174 valence electrons. The van der Waals surface area contributed by atoms with E-state index in [1.807, 2.05) is 45.0 Å². The van der Waals surface area contributed by atoms with Crippen molar-refractivity contribution in [3.05, 3.63) is 87.7 Å². The van der Waals surface area contributed by atoms with E-state index in [2.05, 4.69) is 12.2 Å². The molecule has 2 amide bonds. The molecule has 1 atom stereocenters. The molecule has 0 spiro atoms. The predicted molar refractivity (Wildman–Crippen MR) is 137 cm³/mol. The highest BCUT2D eigenvalue weighted by Crippen LogP contribution is 2.35. The van der Waals surface area contributed by atoms with Crippen LogP contribution in [-0.2, 0) is 19.3 Å². The number of amides is 2. The molecule has 0 saturated carbocycles. The summed E-state index contributed by atoms with van der Waals surface area (Å²) in [5, 5.41) is 3.64. The highest BCUT2D eigenvalue weighted by molar-refractivity contribution is 6.32. The van der Waals surface area contributed by atoms with Gasteiger partial charge < -0.3 is 11.1 Å². The Hall–Kier alpha value is -3.05. The molecule has 3 aromatic carbocycles. The van der Waals surface area contributed by atoms with Gasteiger partial charge in [-0.25, -0.2) is 9.18 Å². The van der Waals surface area contributed by atoms with Gasteiger partial charge in [-0.1, -0.05) is 56.6 Å². The van der Waals surface area contributed by atoms with Crippen LogP contribution in [0.25, 0.3) is 0 Å². The van der Waals surface area contributed by atoms with Gasteiger partial charge in [-0.15, -0.1) is 0 Å². The minimum absolute atomic E-state index is 0.304. The average Bonchev–Trinajstić information content (AvgIpc) is 2.80. The Balaban J connectivity index is 2.07. The summed E-state index contributed by atoms with van der Waals surface area (Å²) >= 11 is 6.47. The van der Waals surface area contributed by atoms with Crippen molar-refractivity contribution in [2.75, 3.05) is 16.0 Å². The number of urea groups is 1. The average molecular weight is 468 g/mol. The normalized spacial score (nSPS) is 11.8. The number of nitrogens with one attached hydrogen (secondary N) is 1. The minimum atomic E-state index is -0.343. The molecule has 0 aromatic heterocycles. The first-order chi connectivity index (χ1) is 15.8. The Bertz CT molecular complexity index is 1090. The molecule has 0 radical (unpaired) electrons. The fourth-order valence-corrected chi connectivity index (χ4v) is 4.45. The summed E-state index contributed by atoms with van der Waals surface area (Å²) in [5.41, 5.74) is 11.9. The van der Waals surface area contributed by atoms with E-state index in [0.29, 0.717) is 29.2 Å². The maximum Gasteiger partial charge on any atom is 0.326 e. The van der Waals surface area contributed by atoms with Gasteiger partial charge in [0.25, 0.3) is 0 Å². The zero-order valence-electron chi connectivity index (χ0n) is 19.6. The van der Waals surface area contributed by atoms with Crippen molar-refractivity contribution in [1.29, 1.82) is 0 Å². The van der Waals surface area contributed by atoms with Crippen LogP contribution in [0.5, 0.6) is 0 Å². The van der Waals surface area contributed by atoms with E-state index in [9.17, 15) is 9.18 Å². The van der Waals surface area contributed by atoms with Gasteiger partial charge in [0.2, 0.25) is 0 Å². The highest BCUT2D eigenvalue weighted by Gasteiger charge is 2.26. The van der Waals surface area contributed by atoms with E-state index >= 15 is 0 Å². The van der Waals surface area contributed by atoms with Gasteiger partial charge >= 0.3 is 6.03 Å². The lowest BCUT2D eigenvalue weighted by atomic mass is 10.0. The number of carbonyl (C=O) groups excluding carboxylic acids is 1. The second-order valence-corrected chi connectivity index (χ2v) is 8.44. The van der Waals surface area contributed by atoms with E-state index in [4.69, 9.17) is 17.3 Å². The second kappa shape index (κ2) is 10.7. The zero-order chi connectivity index (χ0) is 24.1. The first-order valence-corrected chi connectivity index (χ1v) is 11.7. The topological polar surface area (TPSA) is 58.4 Å². The van der Waals surface area contributed by atoms with Crippen molar-refractivity contribution in [2.24, 2.45) is 0 Å². The SMILES string of the molecule is CCc1ccc(N(C(=O)Nc2c(CC)c(N)cc(Cl)c2CC)[C@@H](C)c2ccc(F)cc2)cc1. The Labute approximate surface area is 200 Å². The number of nitrogens with zero attached hydrogens (tertiary/aromatic N) is 1. The van der Waals surface area contributed by atoms with Crippen LogP contribution in [-0.4, -0.2) is 6.03 Å². The van der Waals surface area contributed by atoms with Crippen LogP contribution in [0, 0.1) is 5.82 Å². The van der Waals surface area contributed by atoms with Gasteiger partial charge in [-0.05, 0) is 78.8 Å². The molecule has 0 unspecified atom stereocenters. The number of aryl methyl sites for hydroxylation is 1. The predicted octanol–water partition coefficient (Wildman–Crippen LogP) is 7.55. The molecule has 3 aromatic rings. The number of nitrogen functional groups attached to an aromatic ring is 1. The second-order valence-electron chi connectivity index (χ2n) is 8.03. The van der Waals surface area contributed by atoms with E-state index < -0.39 is 0 Å². The summed E-state index contributed by atoms with van der Waals surface area (Å²) in [6, 6.07) is 15.2. The van der Waals surface area contributed by atoms with Crippen molar-refractivity contribution < 1.29 is 9.18 Å². The lowest BCUT2D eigenvalue weighted by molar-refractivity contribution is 0.255. The third-order valence-electron chi connectivity index (χ3n) is 6.04. The Morgan fingerprint density at radius 3 is 2.15 bits per heavy atom. The van der Waals surface area contributed by atoms with Gasteiger partial charge in [0.15, 0.2) is 0 Å². The number of rotatable bonds is 7. The van der Waals surface area contributed by atoms with Crippen molar-refractivity contribution in [3.8, 4) is 0 Å². The number of hydrogen-bond acceptors (Lipinski definition) is 2. The Morgan fingerprint density at radius 1 is 1.00 bits per heavy atom. The Morgan fingerprint density at radius 2 is 1.61 bits per heavy atom. The van der Waals surface area contributed by atoms with E-state index in [1.165, 1.54) is 17.7 Å². The molecule has 0 aliphatic carbocycles. The fourth-order valence-electron chi connectivity index (χ4n) is 4.10. The van der Waals surface area contributed by atoms with Gasteiger partial charge in [-0.2, -0.15) is 0 Å². The molecule has 3 N–H and O–H groups in total. The van der Waals surface area contributed by atoms with Gasteiger partial charge in [-0.3, -0.25) is 4.90 Å². The maximum atomic E-state index is 13.8. The van der Waals surface area contributed by atoms with Crippen molar-refractivity contribution >= 4 is 34.7 Å². The number of benzene rings is 3. The number of anilines is 3. The maximum absolute atomic E-state index is 13.8. The lowest BCUT2D eigenvalue weighted by Gasteiger charge is -2.31. The molecule has 0 bridgehead atoms. The fraction of sp³-hybridized carbons (Fsp3) is 0.296. The summed E-state index contributed by atoms with van der Waals surface area (Å²) in [7, 11) is 0. The van der Waals surface area contributed by atoms with Crippen molar-refractivity contribution in [1.82, 2.24) is 0 Å². The third-order valence-corrected chi connectivity index (χ3v) is 6.38. The lowest BCUT2D eigenvalue weighted by Crippen LogP contribution is -2.37. The van der Waals surface area contributed by atoms with Crippen LogP contribution in [0.1, 0.15) is 56.0 Å². The zero-order valence-corrected chi connectivity index (χ0v) is 20.3. The number of nitrogens with two attached hydrogens (primary N) is 1. The highest BCUT2D eigenvalue weighted by atomic mass is 35.5. The molecule has 0 fully saturated rings. The monoisotopic (exact) mass is 467 g/mol. The summed E-state index contributed by atoms with van der Waals surface area (Å²) in [4.78, 5) is 15.4. The molecule has 0 heterocycles.